The summed E-state index contributed by atoms with van der Waals surface area (Å²) in [7, 11) is 0. The van der Waals surface area contributed by atoms with Gasteiger partial charge in [-0.1, -0.05) is 12.1 Å². The highest BCUT2D eigenvalue weighted by Crippen LogP contribution is 2.30. The Bertz CT molecular complexity index is 491. The first-order valence-electron chi connectivity index (χ1n) is 7.83. The van der Waals surface area contributed by atoms with Gasteiger partial charge in [0.25, 0.3) is 0 Å². The summed E-state index contributed by atoms with van der Waals surface area (Å²) in [4.78, 5) is 14.4. The maximum Gasteiger partial charge on any atom is 0.228 e. The summed E-state index contributed by atoms with van der Waals surface area (Å²) in [5, 5.41) is 9.35. The molecule has 4 nitrogen and oxygen atoms in total. The lowest BCUT2D eigenvalue weighted by Crippen LogP contribution is -2.41. The minimum Gasteiger partial charge on any atom is -0.508 e. The number of ether oxygens (including phenoxy) is 1. The van der Waals surface area contributed by atoms with Gasteiger partial charge in [-0.3, -0.25) is 4.79 Å². The molecule has 1 aromatic rings. The number of hydrogen-bond donors (Lipinski definition) is 1. The average Bonchev–Trinajstić information content (AvgIpc) is 2.94. The number of likely N-dealkylation sites (tertiary alicyclic amines) is 1. The molecular formula is C17H23NO3. The lowest BCUT2D eigenvalue weighted by Gasteiger charge is -2.33. The second-order valence-corrected chi connectivity index (χ2v) is 6.27. The molecule has 0 spiro atoms. The zero-order valence-corrected chi connectivity index (χ0v) is 12.5. The third-order valence-electron chi connectivity index (χ3n) is 4.72. The Labute approximate surface area is 125 Å². The minimum absolute atomic E-state index is 0.0604. The van der Waals surface area contributed by atoms with E-state index in [0.29, 0.717) is 18.3 Å². The van der Waals surface area contributed by atoms with E-state index in [1.807, 2.05) is 24.0 Å². The molecule has 0 aromatic heterocycles. The van der Waals surface area contributed by atoms with Gasteiger partial charge >= 0.3 is 0 Å². The fourth-order valence-corrected chi connectivity index (χ4v) is 3.43. The molecule has 2 saturated heterocycles. The van der Waals surface area contributed by atoms with Gasteiger partial charge in [0.1, 0.15) is 5.75 Å². The Kier molecular flexibility index (Phi) is 4.15. The molecule has 114 valence electrons. The fourth-order valence-electron chi connectivity index (χ4n) is 3.43. The van der Waals surface area contributed by atoms with Crippen LogP contribution < -0.4 is 0 Å². The van der Waals surface area contributed by atoms with Gasteiger partial charge in [0.05, 0.1) is 18.6 Å². The van der Waals surface area contributed by atoms with E-state index in [-0.39, 0.29) is 17.9 Å². The van der Waals surface area contributed by atoms with Crippen LogP contribution in [0.25, 0.3) is 0 Å². The van der Waals surface area contributed by atoms with Crippen molar-refractivity contribution >= 4 is 5.91 Å². The van der Waals surface area contributed by atoms with E-state index in [1.54, 1.807) is 12.1 Å². The van der Waals surface area contributed by atoms with Gasteiger partial charge < -0.3 is 14.7 Å². The average molecular weight is 289 g/mol. The Hall–Kier alpha value is -1.55. The largest absolute Gasteiger partial charge is 0.508 e. The number of amides is 1. The SMILES string of the molecule is CC1CC(C(=O)N2CCC(c3ccc(O)cc3)CC2)CO1. The molecule has 3 rings (SSSR count). The molecule has 21 heavy (non-hydrogen) atoms. The van der Waals surface area contributed by atoms with E-state index in [1.165, 1.54) is 5.56 Å². The highest BCUT2D eigenvalue weighted by atomic mass is 16.5. The maximum absolute atomic E-state index is 12.4. The quantitative estimate of drug-likeness (QED) is 0.910. The molecule has 1 aromatic carbocycles. The lowest BCUT2D eigenvalue weighted by atomic mass is 9.89. The standard InChI is InChI=1S/C17H23NO3/c1-12-10-15(11-21-12)17(20)18-8-6-14(7-9-18)13-2-4-16(19)5-3-13/h2-5,12,14-15,19H,6-11H2,1H3. The molecule has 4 heteroatoms. The number of nitrogens with zero attached hydrogens (tertiary/aromatic N) is 1. The molecule has 2 unspecified atom stereocenters. The van der Waals surface area contributed by atoms with Crippen LogP contribution in [0.4, 0.5) is 0 Å². The zero-order valence-electron chi connectivity index (χ0n) is 12.5. The molecule has 1 amide bonds. The molecule has 2 fully saturated rings. The number of aromatic hydroxyl groups is 1. The number of rotatable bonds is 2. The number of benzene rings is 1. The van der Waals surface area contributed by atoms with E-state index in [2.05, 4.69) is 0 Å². The van der Waals surface area contributed by atoms with Crippen LogP contribution in [0.15, 0.2) is 24.3 Å². The van der Waals surface area contributed by atoms with Crippen LogP contribution in [-0.2, 0) is 9.53 Å². The predicted octanol–water partition coefficient (Wildman–Crippen LogP) is 2.52. The summed E-state index contributed by atoms with van der Waals surface area (Å²) in [6, 6.07) is 7.46. The topological polar surface area (TPSA) is 49.8 Å². The van der Waals surface area contributed by atoms with Gasteiger partial charge in [0.15, 0.2) is 0 Å². The Morgan fingerprint density at radius 3 is 2.48 bits per heavy atom. The summed E-state index contributed by atoms with van der Waals surface area (Å²) in [5.41, 5.74) is 1.26. The maximum atomic E-state index is 12.4. The lowest BCUT2D eigenvalue weighted by molar-refractivity contribution is -0.136. The number of carbonyl (C=O) groups excluding carboxylic acids is 1. The first-order valence-corrected chi connectivity index (χ1v) is 7.83. The van der Waals surface area contributed by atoms with Crippen molar-refractivity contribution < 1.29 is 14.6 Å². The van der Waals surface area contributed by atoms with Crippen molar-refractivity contribution in [3.05, 3.63) is 29.8 Å². The molecule has 0 saturated carbocycles. The molecule has 0 radical (unpaired) electrons. The number of phenols is 1. The number of carbonyl (C=O) groups is 1. The number of phenolic OH excluding ortho intramolecular Hbond substituents is 1. The highest BCUT2D eigenvalue weighted by Gasteiger charge is 2.33. The summed E-state index contributed by atoms with van der Waals surface area (Å²) < 4.78 is 5.51. The van der Waals surface area contributed by atoms with Crippen molar-refractivity contribution in [1.29, 1.82) is 0 Å². The normalized spacial score (nSPS) is 27.0. The van der Waals surface area contributed by atoms with Crippen LogP contribution in [-0.4, -0.2) is 41.7 Å². The van der Waals surface area contributed by atoms with Crippen LogP contribution >= 0.6 is 0 Å². The van der Waals surface area contributed by atoms with Crippen LogP contribution in [0.1, 0.15) is 37.7 Å². The third-order valence-corrected chi connectivity index (χ3v) is 4.72. The number of piperidine rings is 1. The smallest absolute Gasteiger partial charge is 0.228 e. The Morgan fingerprint density at radius 2 is 1.90 bits per heavy atom. The van der Waals surface area contributed by atoms with E-state index in [4.69, 9.17) is 4.74 Å². The molecule has 1 N–H and O–H groups in total. The van der Waals surface area contributed by atoms with Crippen LogP contribution in [0.5, 0.6) is 5.75 Å². The molecule has 2 heterocycles. The van der Waals surface area contributed by atoms with E-state index in [0.717, 1.165) is 32.4 Å². The molecule has 2 atom stereocenters. The first kappa shape index (κ1) is 14.4. The van der Waals surface area contributed by atoms with E-state index >= 15 is 0 Å². The monoisotopic (exact) mass is 289 g/mol. The van der Waals surface area contributed by atoms with Crippen molar-refractivity contribution in [1.82, 2.24) is 4.90 Å². The van der Waals surface area contributed by atoms with Crippen LogP contribution in [0, 0.1) is 5.92 Å². The van der Waals surface area contributed by atoms with Gasteiger partial charge in [-0.15, -0.1) is 0 Å². The zero-order chi connectivity index (χ0) is 14.8. The summed E-state index contributed by atoms with van der Waals surface area (Å²) in [6.07, 6.45) is 3.07. The van der Waals surface area contributed by atoms with Crippen molar-refractivity contribution in [3.8, 4) is 5.75 Å². The summed E-state index contributed by atoms with van der Waals surface area (Å²) >= 11 is 0. The Morgan fingerprint density at radius 1 is 1.24 bits per heavy atom. The second kappa shape index (κ2) is 6.06. The summed E-state index contributed by atoms with van der Waals surface area (Å²) in [5.74, 6) is 1.13. The van der Waals surface area contributed by atoms with Gasteiger partial charge in [-0.2, -0.15) is 0 Å². The molecule has 2 aliphatic rings. The summed E-state index contributed by atoms with van der Waals surface area (Å²) in [6.45, 7) is 4.27. The fraction of sp³-hybridized carbons (Fsp3) is 0.588. The number of hydrogen-bond acceptors (Lipinski definition) is 3. The highest BCUT2D eigenvalue weighted by molar-refractivity contribution is 5.79. The van der Waals surface area contributed by atoms with Crippen molar-refractivity contribution in [2.24, 2.45) is 5.92 Å². The molecular weight excluding hydrogens is 266 g/mol. The minimum atomic E-state index is 0.0604. The van der Waals surface area contributed by atoms with Crippen LogP contribution in [0.3, 0.4) is 0 Å². The molecule has 2 aliphatic heterocycles. The van der Waals surface area contributed by atoms with Gasteiger partial charge in [-0.25, -0.2) is 0 Å². The molecule has 0 bridgehead atoms. The first-order chi connectivity index (χ1) is 10.1. The van der Waals surface area contributed by atoms with Gasteiger partial charge in [0, 0.05) is 13.1 Å². The third kappa shape index (κ3) is 3.21. The predicted molar refractivity (Wildman–Crippen MR) is 80.2 cm³/mol. The second-order valence-electron chi connectivity index (χ2n) is 6.27. The van der Waals surface area contributed by atoms with Crippen molar-refractivity contribution in [3.63, 3.8) is 0 Å². The Balaban J connectivity index is 1.55. The van der Waals surface area contributed by atoms with Gasteiger partial charge in [-0.05, 0) is 49.8 Å². The van der Waals surface area contributed by atoms with Crippen molar-refractivity contribution in [2.75, 3.05) is 19.7 Å². The van der Waals surface area contributed by atoms with Gasteiger partial charge in [0.2, 0.25) is 5.91 Å². The van der Waals surface area contributed by atoms with Crippen molar-refractivity contribution in [2.45, 2.75) is 38.2 Å². The van der Waals surface area contributed by atoms with E-state index in [9.17, 15) is 9.90 Å². The van der Waals surface area contributed by atoms with Crippen LogP contribution in [0.2, 0.25) is 0 Å². The van der Waals surface area contributed by atoms with E-state index < -0.39 is 0 Å². The molecule has 0 aliphatic carbocycles.